The molecule has 0 spiro atoms. The van der Waals surface area contributed by atoms with Crippen molar-refractivity contribution in [1.29, 1.82) is 0 Å². The van der Waals surface area contributed by atoms with Crippen molar-refractivity contribution in [1.82, 2.24) is 5.43 Å². The number of hydrogen-bond donors (Lipinski definition) is 1. The van der Waals surface area contributed by atoms with Gasteiger partial charge in [-0.25, -0.2) is 13.8 Å². The number of hydrogen-bond acceptors (Lipinski definition) is 4. The third-order valence-electron chi connectivity index (χ3n) is 5.00. The molecule has 3 aromatic carbocycles. The smallest absolute Gasteiger partial charge is 0.264 e. The van der Waals surface area contributed by atoms with Crippen LogP contribution in [0.1, 0.15) is 24.5 Å². The van der Waals surface area contributed by atoms with E-state index in [0.717, 1.165) is 22.0 Å². The third kappa shape index (κ3) is 6.91. The van der Waals surface area contributed by atoms with Crippen LogP contribution in [0.4, 0.5) is 5.69 Å². The van der Waals surface area contributed by atoms with E-state index in [-0.39, 0.29) is 4.90 Å². The van der Waals surface area contributed by atoms with E-state index in [0.29, 0.717) is 17.1 Å². The van der Waals surface area contributed by atoms with Gasteiger partial charge in [-0.2, -0.15) is 5.10 Å². The van der Waals surface area contributed by atoms with E-state index in [2.05, 4.69) is 10.5 Å². The number of benzene rings is 3. The molecule has 0 fully saturated rings. The molecule has 3 rings (SSSR count). The third-order valence-corrected chi connectivity index (χ3v) is 7.04. The van der Waals surface area contributed by atoms with Crippen molar-refractivity contribution in [3.8, 4) is 0 Å². The second-order valence-corrected chi connectivity index (χ2v) is 9.97. The number of nitrogens with one attached hydrogen (secondary N) is 1. The van der Waals surface area contributed by atoms with Gasteiger partial charge in [0.25, 0.3) is 15.9 Å². The van der Waals surface area contributed by atoms with E-state index in [1.54, 1.807) is 24.3 Å². The number of hydrazone groups is 1. The number of rotatable bonds is 9. The summed E-state index contributed by atoms with van der Waals surface area (Å²) in [7, 11) is -4.00. The molecule has 33 heavy (non-hydrogen) atoms. The van der Waals surface area contributed by atoms with Crippen LogP contribution in [0.3, 0.4) is 0 Å². The van der Waals surface area contributed by atoms with Crippen LogP contribution in [-0.4, -0.2) is 26.6 Å². The zero-order valence-corrected chi connectivity index (χ0v) is 20.1. The monoisotopic (exact) mass is 483 g/mol. The van der Waals surface area contributed by atoms with Crippen molar-refractivity contribution in [2.75, 3.05) is 10.8 Å². The first-order valence-corrected chi connectivity index (χ1v) is 12.3. The fourth-order valence-electron chi connectivity index (χ4n) is 3.11. The summed E-state index contributed by atoms with van der Waals surface area (Å²) in [6.07, 6.45) is 1.47. The largest absolute Gasteiger partial charge is 0.271 e. The number of carbonyl (C=O) groups is 1. The van der Waals surface area contributed by atoms with Crippen LogP contribution in [0.5, 0.6) is 0 Å². The van der Waals surface area contributed by atoms with Crippen molar-refractivity contribution in [2.45, 2.75) is 31.6 Å². The molecule has 0 heterocycles. The molecule has 1 N–H and O–H groups in total. The molecule has 0 aliphatic rings. The predicted octanol–water partition coefficient (Wildman–Crippen LogP) is 4.97. The highest BCUT2D eigenvalue weighted by Crippen LogP contribution is 2.25. The minimum atomic E-state index is -4.00. The van der Waals surface area contributed by atoms with Crippen LogP contribution < -0.4 is 9.73 Å². The Morgan fingerprint density at radius 1 is 0.970 bits per heavy atom. The number of aryl methyl sites for hydroxylation is 2. The first-order valence-electron chi connectivity index (χ1n) is 10.5. The Labute approximate surface area is 200 Å². The zero-order valence-electron chi connectivity index (χ0n) is 18.5. The Balaban J connectivity index is 1.75. The van der Waals surface area contributed by atoms with E-state index in [4.69, 9.17) is 11.6 Å². The molecule has 0 saturated carbocycles. The fourth-order valence-corrected chi connectivity index (χ4v) is 4.66. The summed E-state index contributed by atoms with van der Waals surface area (Å²) < 4.78 is 27.7. The van der Waals surface area contributed by atoms with Gasteiger partial charge in [0.1, 0.15) is 6.54 Å². The van der Waals surface area contributed by atoms with Gasteiger partial charge in [0, 0.05) is 10.7 Å². The summed E-state index contributed by atoms with van der Waals surface area (Å²) in [4.78, 5) is 12.7. The van der Waals surface area contributed by atoms with E-state index in [1.165, 1.54) is 29.8 Å². The molecule has 0 atom stereocenters. The Bertz CT molecular complexity index is 1210. The zero-order chi connectivity index (χ0) is 23.8. The SMILES string of the molecule is C/C(CCc1ccccc1)=N/NC(=O)CN(c1ccc(C)cc1)S(=O)(=O)c1ccc(Cl)cc1. The average molecular weight is 484 g/mol. The molecule has 1 amide bonds. The van der Waals surface area contributed by atoms with E-state index in [9.17, 15) is 13.2 Å². The molecule has 6 nitrogen and oxygen atoms in total. The Morgan fingerprint density at radius 3 is 2.24 bits per heavy atom. The number of amides is 1. The molecule has 0 aromatic heterocycles. The lowest BCUT2D eigenvalue weighted by Gasteiger charge is -2.24. The molecule has 0 saturated heterocycles. The lowest BCUT2D eigenvalue weighted by molar-refractivity contribution is -0.119. The van der Waals surface area contributed by atoms with Gasteiger partial charge in [0.2, 0.25) is 0 Å². The first-order chi connectivity index (χ1) is 15.8. The van der Waals surface area contributed by atoms with Crippen LogP contribution in [0.25, 0.3) is 0 Å². The number of anilines is 1. The standard InChI is InChI=1S/C25H26ClN3O3S/c1-19-8-14-23(15-9-19)29(33(31,32)24-16-12-22(26)13-17-24)18-25(30)28-27-20(2)10-11-21-6-4-3-5-7-21/h3-9,12-17H,10-11,18H2,1-2H3,(H,28,30)/b27-20-. The fraction of sp³-hybridized carbons (Fsp3) is 0.200. The van der Waals surface area contributed by atoms with Gasteiger partial charge in [0.05, 0.1) is 10.6 Å². The summed E-state index contributed by atoms with van der Waals surface area (Å²) in [6.45, 7) is 3.32. The van der Waals surface area contributed by atoms with E-state index < -0.39 is 22.5 Å². The van der Waals surface area contributed by atoms with Gasteiger partial charge in [-0.05, 0) is 68.7 Å². The Morgan fingerprint density at radius 2 is 1.61 bits per heavy atom. The van der Waals surface area contributed by atoms with Crippen LogP contribution in [-0.2, 0) is 21.2 Å². The maximum atomic E-state index is 13.3. The normalized spacial score (nSPS) is 11.8. The van der Waals surface area contributed by atoms with Crippen molar-refractivity contribution in [3.63, 3.8) is 0 Å². The highest BCUT2D eigenvalue weighted by Gasteiger charge is 2.27. The van der Waals surface area contributed by atoms with Crippen molar-refractivity contribution >= 4 is 38.9 Å². The minimum Gasteiger partial charge on any atom is -0.271 e. The molecular formula is C25H26ClN3O3S. The number of halogens is 1. The molecule has 0 aliphatic carbocycles. The van der Waals surface area contributed by atoms with Gasteiger partial charge in [-0.1, -0.05) is 59.6 Å². The molecule has 0 radical (unpaired) electrons. The molecule has 172 valence electrons. The minimum absolute atomic E-state index is 0.0443. The van der Waals surface area contributed by atoms with Crippen LogP contribution in [0, 0.1) is 6.92 Å². The number of nitrogens with zero attached hydrogens (tertiary/aromatic N) is 2. The quantitative estimate of drug-likeness (QED) is 0.345. The van der Waals surface area contributed by atoms with E-state index >= 15 is 0 Å². The van der Waals surface area contributed by atoms with Crippen molar-refractivity contribution in [2.24, 2.45) is 5.10 Å². The maximum absolute atomic E-state index is 13.3. The van der Waals surface area contributed by atoms with Gasteiger partial charge in [-0.15, -0.1) is 0 Å². The lowest BCUT2D eigenvalue weighted by Crippen LogP contribution is -2.39. The molecule has 0 aliphatic heterocycles. The summed E-state index contributed by atoms with van der Waals surface area (Å²) in [5.41, 5.74) is 5.77. The summed E-state index contributed by atoms with van der Waals surface area (Å²) in [5, 5.41) is 4.57. The Kier molecular flexibility index (Phi) is 8.25. The van der Waals surface area contributed by atoms with Crippen LogP contribution in [0.2, 0.25) is 5.02 Å². The molecule has 3 aromatic rings. The van der Waals surface area contributed by atoms with Gasteiger partial charge >= 0.3 is 0 Å². The van der Waals surface area contributed by atoms with E-state index in [1.807, 2.05) is 44.2 Å². The number of sulfonamides is 1. The Hall–Kier alpha value is -3.16. The molecule has 0 bridgehead atoms. The van der Waals surface area contributed by atoms with Crippen LogP contribution >= 0.6 is 11.6 Å². The topological polar surface area (TPSA) is 78.8 Å². The van der Waals surface area contributed by atoms with Gasteiger partial charge < -0.3 is 0 Å². The summed E-state index contributed by atoms with van der Waals surface area (Å²) in [5.74, 6) is -0.535. The maximum Gasteiger partial charge on any atom is 0.264 e. The average Bonchev–Trinajstić information content (AvgIpc) is 2.81. The number of carbonyl (C=O) groups excluding carboxylic acids is 1. The van der Waals surface area contributed by atoms with Gasteiger partial charge in [-0.3, -0.25) is 9.10 Å². The lowest BCUT2D eigenvalue weighted by atomic mass is 10.1. The predicted molar refractivity (Wildman–Crippen MR) is 133 cm³/mol. The highest BCUT2D eigenvalue weighted by atomic mass is 35.5. The van der Waals surface area contributed by atoms with Crippen molar-refractivity contribution in [3.05, 3.63) is 95.0 Å². The molecule has 8 heteroatoms. The summed E-state index contributed by atoms with van der Waals surface area (Å²) >= 11 is 5.91. The highest BCUT2D eigenvalue weighted by molar-refractivity contribution is 7.92. The first kappa shape index (κ1) is 24.5. The summed E-state index contributed by atoms with van der Waals surface area (Å²) in [6, 6.07) is 22.8. The van der Waals surface area contributed by atoms with Crippen LogP contribution in [0.15, 0.2) is 88.9 Å². The second-order valence-electron chi connectivity index (χ2n) is 7.67. The molecule has 0 unspecified atom stereocenters. The second kappa shape index (κ2) is 11.1. The van der Waals surface area contributed by atoms with Gasteiger partial charge in [0.15, 0.2) is 0 Å². The molecular weight excluding hydrogens is 458 g/mol. The van der Waals surface area contributed by atoms with Crippen molar-refractivity contribution < 1.29 is 13.2 Å².